The van der Waals surface area contributed by atoms with Gasteiger partial charge in [0.2, 0.25) is 0 Å². The Balaban J connectivity index is 2.37. The van der Waals surface area contributed by atoms with E-state index in [1.165, 1.54) is 24.7 Å². The van der Waals surface area contributed by atoms with E-state index in [1.54, 1.807) is 0 Å². The van der Waals surface area contributed by atoms with E-state index in [4.69, 9.17) is 5.11 Å². The number of nitrogens with one attached hydrogen (secondary N) is 2. The van der Waals surface area contributed by atoms with Crippen LogP contribution in [0, 0.1) is 0 Å². The van der Waals surface area contributed by atoms with Crippen LogP contribution in [0.5, 0.6) is 0 Å². The molecular weight excluding hydrogens is 324 g/mol. The predicted molar refractivity (Wildman–Crippen MR) is 67.3 cm³/mol. The second-order valence-corrected chi connectivity index (χ2v) is 5.82. The number of aliphatic hydroxyl groups is 1. The van der Waals surface area contributed by atoms with Crippen molar-refractivity contribution in [3.63, 3.8) is 0 Å². The molecular formula is C9H9BrN4O3S. The highest BCUT2D eigenvalue weighted by Gasteiger charge is 2.21. The average Bonchev–Trinajstić information content (AvgIpc) is 2.81. The molecule has 0 saturated heterocycles. The fraction of sp³-hybridized carbons (Fsp3) is 0.111. The molecule has 0 aliphatic rings. The minimum atomic E-state index is -3.82. The molecule has 0 saturated carbocycles. The summed E-state index contributed by atoms with van der Waals surface area (Å²) in [6.45, 7) is -0.412. The Labute approximate surface area is 111 Å². The highest BCUT2D eigenvalue weighted by molar-refractivity contribution is 9.10. The van der Waals surface area contributed by atoms with E-state index in [0.29, 0.717) is 10.2 Å². The number of nitrogens with zero attached hydrogens (tertiary/aromatic N) is 2. The van der Waals surface area contributed by atoms with Crippen molar-refractivity contribution in [2.24, 2.45) is 0 Å². The Bertz CT molecular complexity index is 655. The third-order valence-corrected chi connectivity index (χ3v) is 4.15. The molecule has 2 aromatic heterocycles. The minimum Gasteiger partial charge on any atom is -0.392 e. The molecule has 0 unspecified atom stereocenters. The molecule has 0 aromatic carbocycles. The summed E-state index contributed by atoms with van der Waals surface area (Å²) < 4.78 is 27.0. The van der Waals surface area contributed by atoms with Crippen LogP contribution in [0.4, 0.5) is 5.69 Å². The SMILES string of the molecule is O=S(=O)(Nc1ccncc1Br)c1[nH]ncc1CO. The van der Waals surface area contributed by atoms with Crippen LogP contribution in [-0.4, -0.2) is 28.7 Å². The molecule has 3 N–H and O–H groups in total. The number of aromatic amines is 1. The Hall–Kier alpha value is -1.45. The summed E-state index contributed by atoms with van der Waals surface area (Å²) in [4.78, 5) is 3.83. The third kappa shape index (κ3) is 2.52. The first-order chi connectivity index (χ1) is 8.54. The molecule has 9 heteroatoms. The number of hydrogen-bond donors (Lipinski definition) is 3. The molecule has 0 amide bonds. The van der Waals surface area contributed by atoms with Crippen LogP contribution >= 0.6 is 15.9 Å². The van der Waals surface area contributed by atoms with Crippen LogP contribution in [0.1, 0.15) is 5.56 Å². The van der Waals surface area contributed by atoms with Crippen LogP contribution in [0.2, 0.25) is 0 Å². The first-order valence-electron chi connectivity index (χ1n) is 4.80. The van der Waals surface area contributed by atoms with Gasteiger partial charge in [-0.25, -0.2) is 0 Å². The second kappa shape index (κ2) is 5.04. The smallest absolute Gasteiger partial charge is 0.279 e. The van der Waals surface area contributed by atoms with Crippen molar-refractivity contribution in [2.75, 3.05) is 4.72 Å². The number of aromatic nitrogens is 3. The van der Waals surface area contributed by atoms with Gasteiger partial charge >= 0.3 is 0 Å². The van der Waals surface area contributed by atoms with Crippen LogP contribution in [0.3, 0.4) is 0 Å². The van der Waals surface area contributed by atoms with Gasteiger partial charge < -0.3 is 5.11 Å². The number of anilines is 1. The summed E-state index contributed by atoms with van der Waals surface area (Å²) in [6, 6.07) is 1.51. The zero-order valence-electron chi connectivity index (χ0n) is 8.96. The molecule has 2 aromatic rings. The van der Waals surface area contributed by atoms with Crippen LogP contribution in [0.15, 0.2) is 34.2 Å². The molecule has 0 atom stereocenters. The van der Waals surface area contributed by atoms with Crippen LogP contribution in [0.25, 0.3) is 0 Å². The molecule has 0 aliphatic heterocycles. The van der Waals surface area contributed by atoms with Gasteiger partial charge in [0.05, 0.1) is 23.0 Å². The fourth-order valence-electron chi connectivity index (χ4n) is 1.30. The largest absolute Gasteiger partial charge is 0.392 e. The quantitative estimate of drug-likeness (QED) is 0.769. The van der Waals surface area contributed by atoms with Crippen molar-refractivity contribution < 1.29 is 13.5 Å². The first-order valence-corrected chi connectivity index (χ1v) is 7.07. The van der Waals surface area contributed by atoms with E-state index in [9.17, 15) is 8.42 Å². The van der Waals surface area contributed by atoms with E-state index >= 15 is 0 Å². The number of rotatable bonds is 4. The molecule has 96 valence electrons. The van der Waals surface area contributed by atoms with Crippen molar-refractivity contribution >= 4 is 31.6 Å². The highest BCUT2D eigenvalue weighted by atomic mass is 79.9. The Morgan fingerprint density at radius 2 is 2.22 bits per heavy atom. The summed E-state index contributed by atoms with van der Waals surface area (Å²) in [5, 5.41) is 14.8. The Morgan fingerprint density at radius 3 is 2.89 bits per heavy atom. The van der Waals surface area contributed by atoms with Gasteiger partial charge in [-0.1, -0.05) is 0 Å². The lowest BCUT2D eigenvalue weighted by molar-refractivity contribution is 0.278. The van der Waals surface area contributed by atoms with Gasteiger partial charge in [0.25, 0.3) is 10.0 Å². The van der Waals surface area contributed by atoms with Gasteiger partial charge in [0.15, 0.2) is 5.03 Å². The molecule has 0 bridgehead atoms. The summed E-state index contributed by atoms with van der Waals surface area (Å²) in [6.07, 6.45) is 4.19. The maximum atomic E-state index is 12.1. The Kier molecular flexibility index (Phi) is 3.64. The standard InChI is InChI=1S/C9H9BrN4O3S/c10-7-4-11-2-1-8(7)14-18(16,17)9-6(5-15)3-12-13-9/h1-4,15H,5H2,(H,11,14)(H,12,13). The van der Waals surface area contributed by atoms with Crippen LogP contribution < -0.4 is 4.72 Å². The number of hydrogen-bond acceptors (Lipinski definition) is 5. The maximum Gasteiger partial charge on any atom is 0.279 e. The molecule has 0 spiro atoms. The zero-order valence-corrected chi connectivity index (χ0v) is 11.4. The van der Waals surface area contributed by atoms with E-state index in [0.717, 1.165) is 0 Å². The minimum absolute atomic E-state index is 0.159. The average molecular weight is 333 g/mol. The summed E-state index contributed by atoms with van der Waals surface area (Å²) in [5.74, 6) is 0. The lowest BCUT2D eigenvalue weighted by Gasteiger charge is -2.08. The maximum absolute atomic E-state index is 12.1. The predicted octanol–water partition coefficient (Wildman–Crippen LogP) is 0.860. The van der Waals surface area contributed by atoms with E-state index in [1.807, 2.05) is 0 Å². The second-order valence-electron chi connectivity index (χ2n) is 3.34. The molecule has 0 fully saturated rings. The van der Waals surface area contributed by atoms with Crippen LogP contribution in [-0.2, 0) is 16.6 Å². The van der Waals surface area contributed by atoms with Crippen molar-refractivity contribution in [2.45, 2.75) is 11.6 Å². The van der Waals surface area contributed by atoms with Gasteiger partial charge in [0.1, 0.15) is 0 Å². The summed E-state index contributed by atoms with van der Waals surface area (Å²) >= 11 is 3.18. The van der Waals surface area contributed by atoms with Crippen molar-refractivity contribution in [1.82, 2.24) is 15.2 Å². The number of pyridine rings is 1. The monoisotopic (exact) mass is 332 g/mol. The normalized spacial score (nSPS) is 11.4. The lowest BCUT2D eigenvalue weighted by Crippen LogP contribution is -2.15. The van der Waals surface area contributed by atoms with E-state index < -0.39 is 16.6 Å². The topological polar surface area (TPSA) is 108 Å². The van der Waals surface area contributed by atoms with Crippen molar-refractivity contribution in [3.8, 4) is 0 Å². The fourth-order valence-corrected chi connectivity index (χ4v) is 2.98. The summed E-state index contributed by atoms with van der Waals surface area (Å²) in [7, 11) is -3.82. The number of halogens is 1. The molecule has 0 aliphatic carbocycles. The third-order valence-electron chi connectivity index (χ3n) is 2.13. The van der Waals surface area contributed by atoms with Gasteiger partial charge in [0, 0.05) is 18.0 Å². The molecule has 2 heterocycles. The van der Waals surface area contributed by atoms with Gasteiger partial charge in [-0.2, -0.15) is 13.5 Å². The van der Waals surface area contributed by atoms with Crippen molar-refractivity contribution in [1.29, 1.82) is 0 Å². The molecule has 18 heavy (non-hydrogen) atoms. The lowest BCUT2D eigenvalue weighted by atomic mass is 10.4. The van der Waals surface area contributed by atoms with Gasteiger partial charge in [-0.15, -0.1) is 0 Å². The molecule has 7 nitrogen and oxygen atoms in total. The summed E-state index contributed by atoms with van der Waals surface area (Å²) in [5.41, 5.74) is 0.552. The number of aliphatic hydroxyl groups excluding tert-OH is 1. The van der Waals surface area contributed by atoms with Gasteiger partial charge in [-0.05, 0) is 22.0 Å². The molecule has 0 radical (unpaired) electrons. The van der Waals surface area contributed by atoms with E-state index in [2.05, 4.69) is 35.8 Å². The Morgan fingerprint density at radius 1 is 1.44 bits per heavy atom. The van der Waals surface area contributed by atoms with Crippen molar-refractivity contribution in [3.05, 3.63) is 34.7 Å². The zero-order chi connectivity index (χ0) is 13.2. The number of sulfonamides is 1. The van der Waals surface area contributed by atoms with Gasteiger partial charge in [-0.3, -0.25) is 14.8 Å². The molecule has 2 rings (SSSR count). The highest BCUT2D eigenvalue weighted by Crippen LogP contribution is 2.23. The van der Waals surface area contributed by atoms with E-state index in [-0.39, 0.29) is 10.6 Å². The first kappa shape index (κ1) is 13.0. The number of H-pyrrole nitrogens is 1.